The van der Waals surface area contributed by atoms with Gasteiger partial charge in [-0.25, -0.2) is 0 Å². The van der Waals surface area contributed by atoms with Gasteiger partial charge >= 0.3 is 0 Å². The lowest BCUT2D eigenvalue weighted by molar-refractivity contribution is -0.403. The van der Waals surface area contributed by atoms with Gasteiger partial charge in [0.25, 0.3) is 0 Å². The molecule has 2 rings (SSSR count). The normalized spacial score (nSPS) is 34.9. The summed E-state index contributed by atoms with van der Waals surface area (Å²) >= 11 is 0. The maximum absolute atomic E-state index is 11.2. The molecule has 1 fully saturated rings. The Kier molecular flexibility index (Phi) is 3.71. The molecule has 0 saturated carbocycles. The third-order valence-corrected chi connectivity index (χ3v) is 4.56. The minimum Gasteiger partial charge on any atom is -0.402 e. The second-order valence-electron chi connectivity index (χ2n) is 7.23. The molecule has 0 radical (unpaired) electrons. The third-order valence-electron chi connectivity index (χ3n) is 4.56. The number of aliphatic hydroxyl groups is 1. The first-order valence-corrected chi connectivity index (χ1v) is 7.32. The summed E-state index contributed by atoms with van der Waals surface area (Å²) in [6.45, 7) is 9.83. The summed E-state index contributed by atoms with van der Waals surface area (Å²) in [5.41, 5.74) is 5.94. The van der Waals surface area contributed by atoms with E-state index in [-0.39, 0.29) is 0 Å². The van der Waals surface area contributed by atoms with E-state index in [0.717, 1.165) is 31.6 Å². The fraction of sp³-hybridized carbons (Fsp3) is 0.867. The topological polar surface area (TPSA) is 58.7 Å². The average molecular weight is 268 g/mol. The molecule has 3 N–H and O–H groups in total. The molecule has 4 nitrogen and oxygen atoms in total. The van der Waals surface area contributed by atoms with Gasteiger partial charge in [-0.1, -0.05) is 40.2 Å². The minimum absolute atomic E-state index is 0.410. The summed E-state index contributed by atoms with van der Waals surface area (Å²) < 4.78 is 0. The molecule has 19 heavy (non-hydrogen) atoms. The Morgan fingerprint density at radius 3 is 2.26 bits per heavy atom. The molecule has 1 atom stereocenters. The average Bonchev–Trinajstić information content (AvgIpc) is 2.26. The Morgan fingerprint density at radius 1 is 1.16 bits per heavy atom. The van der Waals surface area contributed by atoms with Gasteiger partial charge in [0.05, 0.1) is 0 Å². The lowest BCUT2D eigenvalue weighted by Gasteiger charge is -2.54. The van der Waals surface area contributed by atoms with Crippen LogP contribution in [0.1, 0.15) is 53.4 Å². The maximum atomic E-state index is 11.2. The molecule has 1 aliphatic heterocycles. The largest absolute Gasteiger partial charge is 0.402 e. The number of piperidine rings is 1. The predicted molar refractivity (Wildman–Crippen MR) is 75.9 cm³/mol. The van der Waals surface area contributed by atoms with Crippen LogP contribution in [0, 0.1) is 10.8 Å². The molecule has 0 spiro atoms. The van der Waals surface area contributed by atoms with Crippen LogP contribution < -0.4 is 5.73 Å². The highest BCUT2D eigenvalue weighted by Gasteiger charge is 2.58. The van der Waals surface area contributed by atoms with E-state index in [1.54, 1.807) is 0 Å². The number of rotatable bonds is 2. The van der Waals surface area contributed by atoms with Crippen LogP contribution in [0.2, 0.25) is 0 Å². The Labute approximate surface area is 116 Å². The van der Waals surface area contributed by atoms with Crippen LogP contribution in [-0.4, -0.2) is 29.0 Å². The van der Waals surface area contributed by atoms with Crippen LogP contribution in [-0.2, 0) is 4.84 Å². The van der Waals surface area contributed by atoms with Crippen LogP contribution in [0.15, 0.2) is 11.8 Å². The van der Waals surface area contributed by atoms with Crippen molar-refractivity contribution in [2.24, 2.45) is 16.6 Å². The van der Waals surface area contributed by atoms with Gasteiger partial charge in [-0.15, -0.1) is 0 Å². The summed E-state index contributed by atoms with van der Waals surface area (Å²) in [4.78, 5) is 6.09. The van der Waals surface area contributed by atoms with Crippen molar-refractivity contribution in [1.82, 2.24) is 5.06 Å². The second-order valence-corrected chi connectivity index (χ2v) is 7.23. The van der Waals surface area contributed by atoms with Crippen molar-refractivity contribution in [1.29, 1.82) is 0 Å². The van der Waals surface area contributed by atoms with Gasteiger partial charge in [0.15, 0.2) is 5.79 Å². The number of nitrogens with zero attached hydrogens (tertiary/aromatic N) is 1. The quantitative estimate of drug-likeness (QED) is 0.755. The molecule has 1 saturated heterocycles. The summed E-state index contributed by atoms with van der Waals surface area (Å²) in [5, 5.41) is 13.2. The SMILES string of the molecule is CC1(C)C=C(N)CC(C)(C)C1(O)ON1CCCCC1. The molecular weight excluding hydrogens is 240 g/mol. The van der Waals surface area contributed by atoms with E-state index in [0.29, 0.717) is 6.42 Å². The van der Waals surface area contributed by atoms with Crippen molar-refractivity contribution >= 4 is 0 Å². The molecule has 2 aliphatic rings. The zero-order chi connectivity index (χ0) is 14.3. The fourth-order valence-electron chi connectivity index (χ4n) is 3.50. The fourth-order valence-corrected chi connectivity index (χ4v) is 3.50. The van der Waals surface area contributed by atoms with Gasteiger partial charge < -0.3 is 10.8 Å². The van der Waals surface area contributed by atoms with Crippen molar-refractivity contribution in [3.05, 3.63) is 11.8 Å². The molecule has 0 bridgehead atoms. The lowest BCUT2D eigenvalue weighted by atomic mass is 9.62. The molecular formula is C15H28N2O2. The Balaban J connectivity index is 2.26. The van der Waals surface area contributed by atoms with E-state index < -0.39 is 16.6 Å². The van der Waals surface area contributed by atoms with Crippen molar-refractivity contribution < 1.29 is 9.94 Å². The molecule has 110 valence electrons. The first-order chi connectivity index (χ1) is 8.68. The zero-order valence-corrected chi connectivity index (χ0v) is 12.7. The summed E-state index contributed by atoms with van der Waals surface area (Å²) in [5.74, 6) is -1.22. The molecule has 1 unspecified atom stereocenters. The first kappa shape index (κ1) is 14.8. The monoisotopic (exact) mass is 268 g/mol. The van der Waals surface area contributed by atoms with Crippen molar-refractivity contribution in [2.75, 3.05) is 13.1 Å². The Bertz CT molecular complexity index is 370. The van der Waals surface area contributed by atoms with Crippen LogP contribution in [0.4, 0.5) is 0 Å². The van der Waals surface area contributed by atoms with Crippen molar-refractivity contribution in [3.8, 4) is 0 Å². The van der Waals surface area contributed by atoms with E-state index in [1.165, 1.54) is 6.42 Å². The summed E-state index contributed by atoms with van der Waals surface area (Å²) in [6.07, 6.45) is 6.12. The highest BCUT2D eigenvalue weighted by Crippen LogP contribution is 2.52. The zero-order valence-electron chi connectivity index (χ0n) is 12.7. The standard InChI is InChI=1S/C15H28N2O2/c1-13(2)10-12(16)11-14(3,4)15(13,18)19-17-8-6-5-7-9-17/h10,18H,5-9,11,16H2,1-4H3. The van der Waals surface area contributed by atoms with Gasteiger partial charge in [-0.2, -0.15) is 5.06 Å². The van der Waals surface area contributed by atoms with Crippen LogP contribution >= 0.6 is 0 Å². The Hall–Kier alpha value is -0.580. The molecule has 0 aromatic heterocycles. The molecule has 0 aromatic carbocycles. The smallest absolute Gasteiger partial charge is 0.199 e. The van der Waals surface area contributed by atoms with E-state index in [9.17, 15) is 5.11 Å². The first-order valence-electron chi connectivity index (χ1n) is 7.32. The van der Waals surface area contributed by atoms with E-state index in [2.05, 4.69) is 0 Å². The third kappa shape index (κ3) is 2.54. The summed E-state index contributed by atoms with van der Waals surface area (Å²) in [7, 11) is 0. The van der Waals surface area contributed by atoms with Gasteiger partial charge in [0.1, 0.15) is 0 Å². The van der Waals surface area contributed by atoms with E-state index in [1.807, 2.05) is 38.8 Å². The van der Waals surface area contributed by atoms with Crippen LogP contribution in [0.25, 0.3) is 0 Å². The molecule has 1 aliphatic carbocycles. The molecule has 1 heterocycles. The highest BCUT2D eigenvalue weighted by atomic mass is 16.8. The van der Waals surface area contributed by atoms with Gasteiger partial charge in [-0.3, -0.25) is 4.84 Å². The van der Waals surface area contributed by atoms with Gasteiger partial charge in [-0.05, 0) is 19.3 Å². The van der Waals surface area contributed by atoms with Gasteiger partial charge in [0.2, 0.25) is 0 Å². The molecule has 4 heteroatoms. The van der Waals surface area contributed by atoms with Crippen LogP contribution in [0.3, 0.4) is 0 Å². The number of hydrogen-bond acceptors (Lipinski definition) is 4. The number of allylic oxidation sites excluding steroid dienone is 1. The lowest BCUT2D eigenvalue weighted by Crippen LogP contribution is -2.62. The number of nitrogens with two attached hydrogens (primary N) is 1. The predicted octanol–water partition coefficient (Wildman–Crippen LogP) is 2.39. The number of hydrogen-bond donors (Lipinski definition) is 2. The molecule has 0 amide bonds. The van der Waals surface area contributed by atoms with Crippen molar-refractivity contribution in [3.63, 3.8) is 0 Å². The van der Waals surface area contributed by atoms with E-state index >= 15 is 0 Å². The van der Waals surface area contributed by atoms with Crippen LogP contribution in [0.5, 0.6) is 0 Å². The second kappa shape index (κ2) is 4.76. The van der Waals surface area contributed by atoms with Crippen molar-refractivity contribution in [2.45, 2.75) is 59.2 Å². The summed E-state index contributed by atoms with van der Waals surface area (Å²) in [6, 6.07) is 0. The Morgan fingerprint density at radius 2 is 1.74 bits per heavy atom. The number of hydroxylamine groups is 2. The minimum atomic E-state index is -1.22. The maximum Gasteiger partial charge on any atom is 0.199 e. The molecule has 0 aromatic rings. The van der Waals surface area contributed by atoms with E-state index in [4.69, 9.17) is 10.6 Å². The van der Waals surface area contributed by atoms with Gasteiger partial charge in [0, 0.05) is 29.6 Å². The highest BCUT2D eigenvalue weighted by molar-refractivity contribution is 5.19.